The van der Waals surface area contributed by atoms with Crippen LogP contribution in [0.25, 0.3) is 21.5 Å². The predicted molar refractivity (Wildman–Crippen MR) is 329 cm³/mol. The van der Waals surface area contributed by atoms with E-state index in [0.29, 0.717) is 88.0 Å². The molecule has 0 bridgehead atoms. The zero-order valence-corrected chi connectivity index (χ0v) is 55.4. The normalized spacial score (nSPS) is 18.1. The molecule has 2 aliphatic heterocycles. The third-order valence-electron chi connectivity index (χ3n) is 15.4. The highest BCUT2D eigenvalue weighted by atomic mass is 32.2. The van der Waals surface area contributed by atoms with Crippen LogP contribution >= 0.6 is 0 Å². The first-order valence-electron chi connectivity index (χ1n) is 28.7. The molecular weight excluding hydrogens is 1330 g/mol. The zero-order valence-electron chi connectivity index (χ0n) is 50.5. The maximum Gasteiger partial charge on any atom is 0.303 e. The molecule has 510 valence electrons. The SMILES string of the molecule is COCCOCCOCCOCCOCCOCCC1(C)\C(=C/C=C/C=C/C=C/C2=[N+](CCCS(=O)(=O)O)c3ccc4c(S(=O)(=O)[O-])cc(S(=O)(=O)[O-])cc4c3C2(C)CCCS(=O)(=O)[O-])N(CCCCCC(=O)O)c2ccc3c(S(=O)(=O)[O-])cc(S(=O)(=O)[O-])cc3c21. The molecule has 0 radical (unpaired) electrons. The molecule has 2 heterocycles. The number of hydrogen-bond donors (Lipinski definition) is 2. The van der Waals surface area contributed by atoms with E-state index in [1.54, 1.807) is 55.9 Å². The lowest BCUT2D eigenvalue weighted by atomic mass is 9.74. The highest BCUT2D eigenvalue weighted by Gasteiger charge is 2.49. The van der Waals surface area contributed by atoms with Crippen molar-refractivity contribution in [3.8, 4) is 0 Å². The van der Waals surface area contributed by atoms with Gasteiger partial charge in [-0.25, -0.2) is 42.1 Å². The van der Waals surface area contributed by atoms with Crippen molar-refractivity contribution >= 4 is 105 Å². The Hall–Kier alpha value is -5.48. The first-order chi connectivity index (χ1) is 43.0. The predicted octanol–water partition coefficient (Wildman–Crippen LogP) is 4.66. The van der Waals surface area contributed by atoms with Crippen LogP contribution in [0.1, 0.15) is 76.3 Å². The number of methoxy groups -OCH3 is 1. The maximum absolute atomic E-state index is 12.8. The highest BCUT2D eigenvalue weighted by molar-refractivity contribution is 7.87. The smallest absolute Gasteiger partial charge is 0.303 e. The Kier molecular flexibility index (Phi) is 26.5. The summed E-state index contributed by atoms with van der Waals surface area (Å²) in [6.45, 7) is 6.45. The molecule has 4 aromatic carbocycles. The van der Waals surface area contributed by atoms with Crippen LogP contribution in [0.3, 0.4) is 0 Å². The third kappa shape index (κ3) is 20.5. The summed E-state index contributed by atoms with van der Waals surface area (Å²) >= 11 is 0. The van der Waals surface area contributed by atoms with Crippen molar-refractivity contribution in [2.75, 3.05) is 109 Å². The molecule has 0 aliphatic carbocycles. The van der Waals surface area contributed by atoms with Crippen molar-refractivity contribution < 1.29 is 121 Å². The molecule has 2 aliphatic rings. The van der Waals surface area contributed by atoms with Gasteiger partial charge in [-0.1, -0.05) is 42.9 Å². The summed E-state index contributed by atoms with van der Waals surface area (Å²) in [7, 11) is -29.5. The molecule has 28 nitrogen and oxygen atoms in total. The van der Waals surface area contributed by atoms with Crippen LogP contribution in [0.15, 0.2) is 116 Å². The average molecular weight is 1410 g/mol. The molecule has 0 saturated heterocycles. The molecular formula is C58H72N2O26S6-4. The monoisotopic (exact) mass is 1400 g/mol. The number of carbonyl (C=O) groups is 1. The molecule has 0 saturated carbocycles. The van der Waals surface area contributed by atoms with Crippen LogP contribution in [-0.4, -0.2) is 204 Å². The minimum absolute atomic E-state index is 0.0118. The Balaban J connectivity index is 1.39. The number of anilines is 1. The van der Waals surface area contributed by atoms with E-state index in [1.165, 1.54) is 36.4 Å². The van der Waals surface area contributed by atoms with Crippen molar-refractivity contribution in [3.05, 3.63) is 108 Å². The van der Waals surface area contributed by atoms with Crippen LogP contribution in [0.2, 0.25) is 0 Å². The van der Waals surface area contributed by atoms with Gasteiger partial charge in [-0.3, -0.25) is 9.35 Å². The Morgan fingerprint density at radius 1 is 0.543 bits per heavy atom. The van der Waals surface area contributed by atoms with Gasteiger partial charge in [0.25, 0.3) is 10.1 Å². The minimum atomic E-state index is -5.48. The third-order valence-corrected chi connectivity index (χ3v) is 20.3. The molecule has 92 heavy (non-hydrogen) atoms. The molecule has 0 fully saturated rings. The van der Waals surface area contributed by atoms with Gasteiger partial charge < -0.3 is 61.2 Å². The molecule has 0 aromatic heterocycles. The number of allylic oxidation sites excluding steroid dienone is 8. The van der Waals surface area contributed by atoms with Gasteiger partial charge in [0.2, 0.25) is 5.69 Å². The van der Waals surface area contributed by atoms with E-state index >= 15 is 0 Å². The molecule has 2 unspecified atom stereocenters. The number of nitrogens with zero attached hydrogens (tertiary/aromatic N) is 2. The number of carboxylic acids is 1. The van der Waals surface area contributed by atoms with Crippen molar-refractivity contribution in [1.82, 2.24) is 0 Å². The fourth-order valence-corrected chi connectivity index (χ4v) is 14.9. The van der Waals surface area contributed by atoms with Crippen LogP contribution in [0.4, 0.5) is 11.4 Å². The number of aliphatic carboxylic acids is 1. The number of hydrogen-bond acceptors (Lipinski definition) is 25. The summed E-state index contributed by atoms with van der Waals surface area (Å²) in [5, 5.41) is 8.63. The number of benzene rings is 4. The summed E-state index contributed by atoms with van der Waals surface area (Å²) in [4.78, 5) is 9.25. The van der Waals surface area contributed by atoms with Gasteiger partial charge >= 0.3 is 5.97 Å². The van der Waals surface area contributed by atoms with E-state index in [2.05, 4.69) is 0 Å². The quantitative estimate of drug-likeness (QED) is 0.0264. The van der Waals surface area contributed by atoms with Crippen LogP contribution in [-0.2, 0) is 105 Å². The average Bonchev–Trinajstić information content (AvgIpc) is 1.52. The van der Waals surface area contributed by atoms with Crippen LogP contribution in [0, 0.1) is 0 Å². The Labute approximate surface area is 535 Å². The number of fused-ring (bicyclic) bond motifs is 6. The summed E-state index contributed by atoms with van der Waals surface area (Å²) in [5.74, 6) is -2.66. The van der Waals surface area contributed by atoms with E-state index in [-0.39, 0.29) is 117 Å². The van der Waals surface area contributed by atoms with E-state index in [9.17, 15) is 87.7 Å². The second-order valence-corrected chi connectivity index (χ2v) is 30.4. The van der Waals surface area contributed by atoms with Gasteiger partial charge in [0, 0.05) is 78.7 Å². The van der Waals surface area contributed by atoms with Gasteiger partial charge in [-0.05, 0) is 110 Å². The van der Waals surface area contributed by atoms with Crippen LogP contribution in [0.5, 0.6) is 0 Å². The Morgan fingerprint density at radius 2 is 1.04 bits per heavy atom. The van der Waals surface area contributed by atoms with Gasteiger partial charge in [0.15, 0.2) is 5.71 Å². The zero-order chi connectivity index (χ0) is 67.9. The Morgan fingerprint density at radius 3 is 1.54 bits per heavy atom. The number of rotatable bonds is 40. The number of unbranched alkanes of at least 4 members (excludes halogenated alkanes) is 2. The van der Waals surface area contributed by atoms with Crippen molar-refractivity contribution in [2.24, 2.45) is 0 Å². The van der Waals surface area contributed by atoms with Crippen molar-refractivity contribution in [3.63, 3.8) is 0 Å². The molecule has 34 heteroatoms. The van der Waals surface area contributed by atoms with Gasteiger partial charge in [-0.2, -0.15) is 13.0 Å². The summed E-state index contributed by atoms with van der Waals surface area (Å²) in [5.41, 5.74) is -0.950. The molecule has 0 spiro atoms. The highest BCUT2D eigenvalue weighted by Crippen LogP contribution is 2.54. The van der Waals surface area contributed by atoms with Crippen molar-refractivity contribution in [2.45, 2.75) is 95.6 Å². The molecule has 6 rings (SSSR count). The summed E-state index contributed by atoms with van der Waals surface area (Å²) < 4.78 is 256. The number of ether oxygens (including phenoxy) is 6. The first-order valence-corrected chi connectivity index (χ1v) is 37.5. The molecule has 0 amide bonds. The maximum atomic E-state index is 12.8. The van der Waals surface area contributed by atoms with E-state index in [4.69, 9.17) is 28.4 Å². The van der Waals surface area contributed by atoms with Crippen LogP contribution < -0.4 is 4.90 Å². The first kappa shape index (κ1) is 75.5. The molecule has 4 aromatic rings. The topological polar surface area (TPSA) is 439 Å². The lowest BCUT2D eigenvalue weighted by Gasteiger charge is -2.31. The van der Waals surface area contributed by atoms with Gasteiger partial charge in [-0.15, -0.1) is 0 Å². The second-order valence-electron chi connectivity index (χ2n) is 21.8. The minimum Gasteiger partial charge on any atom is -0.748 e. The molecule has 2 atom stereocenters. The largest absolute Gasteiger partial charge is 0.748 e. The van der Waals surface area contributed by atoms with Gasteiger partial charge in [0.05, 0.1) is 107 Å². The fraction of sp³-hybridized carbons (Fsp3) is 0.483. The lowest BCUT2D eigenvalue weighted by molar-refractivity contribution is -0.437. The standard InChI is InChI=1S/C58H76N2O26S6/c1-57(21-12-36-87(63,64)65)52(60(24-13-37-88(66,67)68)48-19-17-44-46(55(48)57)38-42(89(69,70)71)40-50(44)91(75,76)77)14-8-5-4-6-9-15-53-58(2,22-25-82-28-29-84-32-33-86-35-34-85-31-30-83-27-26-81-3)56-47-39-43(90(72,73)74)41-51(92(78,79)80)45(47)18-20-49(56)59(53)23-11-7-10-16-54(61)62/h4-6,8-9,14-15,17-20,38-41H,7,10-13,16,21-37H2,1-3H3,(H6-,61,62,63,64,65,66,67,68,69,70,71,72,73,74,75,76,77,78,79,80)/p-4. The fourth-order valence-electron chi connectivity index (χ4n) is 11.3. The van der Waals surface area contributed by atoms with E-state index in [1.807, 2.05) is 4.90 Å². The lowest BCUT2D eigenvalue weighted by Crippen LogP contribution is -2.32. The Bertz CT molecular complexity index is 4210. The van der Waals surface area contributed by atoms with Crippen molar-refractivity contribution in [1.29, 1.82) is 0 Å². The van der Waals surface area contributed by atoms with Gasteiger partial charge in [0.1, 0.15) is 47.0 Å². The second kappa shape index (κ2) is 32.3. The molecule has 2 N–H and O–H groups in total. The van der Waals surface area contributed by atoms with E-state index in [0.717, 1.165) is 12.1 Å². The summed E-state index contributed by atoms with van der Waals surface area (Å²) in [6, 6.07) is 8.24. The number of carboxylic acid groups (broad SMARTS) is 1. The summed E-state index contributed by atoms with van der Waals surface area (Å²) in [6.07, 6.45) is 11.3. The van der Waals surface area contributed by atoms with E-state index < -0.39 is 109 Å².